The van der Waals surface area contributed by atoms with Crippen molar-refractivity contribution in [3.05, 3.63) is 30.3 Å². The van der Waals surface area contributed by atoms with Crippen LogP contribution in [-0.2, 0) is 4.74 Å². The Bertz CT molecular complexity index is 741. The van der Waals surface area contributed by atoms with Gasteiger partial charge in [0.25, 0.3) is 0 Å². The fourth-order valence-corrected chi connectivity index (χ4v) is 2.53. The lowest BCUT2D eigenvalue weighted by molar-refractivity contribution is 0.0577. The molecule has 0 aliphatic heterocycles. The molecular formula is C20H29N3O2. The first kappa shape index (κ1) is 19.0. The third-order valence-corrected chi connectivity index (χ3v) is 3.76. The van der Waals surface area contributed by atoms with E-state index < -0.39 is 5.60 Å². The highest BCUT2D eigenvalue weighted by molar-refractivity contribution is 5.89. The van der Waals surface area contributed by atoms with Crippen LogP contribution in [0.1, 0.15) is 53.0 Å². The standard InChI is InChI=1S/C20H29N3O2/c1-7-15-10-11-16-17(13-15)22-18(21-16)23(12-8-9-14(2)3)19(24)25-20(4,5)6/h7,10-11,13-14H,1,8-9,12H2,2-6H3,(H,21,22). The van der Waals surface area contributed by atoms with Crippen molar-refractivity contribution < 1.29 is 9.53 Å². The summed E-state index contributed by atoms with van der Waals surface area (Å²) in [7, 11) is 0. The third-order valence-electron chi connectivity index (χ3n) is 3.76. The van der Waals surface area contributed by atoms with Gasteiger partial charge in [-0.05, 0) is 57.2 Å². The van der Waals surface area contributed by atoms with Crippen LogP contribution in [0.5, 0.6) is 0 Å². The predicted molar refractivity (Wildman–Crippen MR) is 104 cm³/mol. The van der Waals surface area contributed by atoms with Crippen LogP contribution in [0.15, 0.2) is 24.8 Å². The van der Waals surface area contributed by atoms with Crippen molar-refractivity contribution in [2.45, 2.75) is 53.1 Å². The molecule has 5 heteroatoms. The second-order valence-corrected chi connectivity index (χ2v) is 7.71. The lowest BCUT2D eigenvalue weighted by atomic mass is 10.1. The summed E-state index contributed by atoms with van der Waals surface area (Å²) in [5, 5.41) is 0. The Morgan fingerprint density at radius 2 is 2.12 bits per heavy atom. The van der Waals surface area contributed by atoms with Crippen LogP contribution in [0.4, 0.5) is 10.7 Å². The molecule has 0 spiro atoms. The fourth-order valence-electron chi connectivity index (χ4n) is 2.53. The number of carbonyl (C=O) groups excluding carboxylic acids is 1. The van der Waals surface area contributed by atoms with E-state index in [1.165, 1.54) is 0 Å². The summed E-state index contributed by atoms with van der Waals surface area (Å²) < 4.78 is 5.56. The number of amides is 1. The molecule has 2 aromatic rings. The number of carbonyl (C=O) groups is 1. The number of nitrogens with one attached hydrogen (secondary N) is 1. The van der Waals surface area contributed by atoms with E-state index >= 15 is 0 Å². The quantitative estimate of drug-likeness (QED) is 0.765. The molecule has 5 nitrogen and oxygen atoms in total. The highest BCUT2D eigenvalue weighted by atomic mass is 16.6. The van der Waals surface area contributed by atoms with E-state index in [9.17, 15) is 4.79 Å². The summed E-state index contributed by atoms with van der Waals surface area (Å²) in [5.74, 6) is 1.11. The number of anilines is 1. The van der Waals surface area contributed by atoms with Gasteiger partial charge in [-0.25, -0.2) is 14.7 Å². The number of benzene rings is 1. The molecule has 1 heterocycles. The molecule has 0 atom stereocenters. The Morgan fingerprint density at radius 3 is 2.72 bits per heavy atom. The minimum atomic E-state index is -0.546. The topological polar surface area (TPSA) is 58.2 Å². The Labute approximate surface area is 150 Å². The van der Waals surface area contributed by atoms with Crippen molar-refractivity contribution in [2.24, 2.45) is 5.92 Å². The second-order valence-electron chi connectivity index (χ2n) is 7.71. The number of ether oxygens (including phenoxy) is 1. The van der Waals surface area contributed by atoms with Gasteiger partial charge < -0.3 is 9.72 Å². The molecule has 0 aliphatic rings. The van der Waals surface area contributed by atoms with Crippen molar-refractivity contribution in [1.29, 1.82) is 0 Å². The second kappa shape index (κ2) is 7.72. The number of aromatic nitrogens is 2. The number of imidazole rings is 1. The Morgan fingerprint density at radius 1 is 1.40 bits per heavy atom. The molecule has 1 aromatic heterocycles. The van der Waals surface area contributed by atoms with Crippen molar-refractivity contribution in [1.82, 2.24) is 9.97 Å². The van der Waals surface area contributed by atoms with E-state index in [0.717, 1.165) is 29.4 Å². The summed E-state index contributed by atoms with van der Waals surface area (Å²) in [6.45, 7) is 14.3. The van der Waals surface area contributed by atoms with E-state index in [0.29, 0.717) is 18.4 Å². The van der Waals surface area contributed by atoms with Gasteiger partial charge in [0.05, 0.1) is 11.0 Å². The van der Waals surface area contributed by atoms with Crippen LogP contribution >= 0.6 is 0 Å². The first-order valence-corrected chi connectivity index (χ1v) is 8.82. The lowest BCUT2D eigenvalue weighted by Crippen LogP contribution is -2.38. The number of nitrogens with zero attached hydrogens (tertiary/aromatic N) is 2. The smallest absolute Gasteiger partial charge is 0.417 e. The van der Waals surface area contributed by atoms with Crippen molar-refractivity contribution in [3.63, 3.8) is 0 Å². The maximum Gasteiger partial charge on any atom is 0.417 e. The molecule has 0 saturated heterocycles. The molecule has 1 amide bonds. The van der Waals surface area contributed by atoms with Crippen molar-refractivity contribution in [3.8, 4) is 0 Å². The fraction of sp³-hybridized carbons (Fsp3) is 0.500. The monoisotopic (exact) mass is 343 g/mol. The van der Waals surface area contributed by atoms with Gasteiger partial charge in [-0.15, -0.1) is 0 Å². The van der Waals surface area contributed by atoms with E-state index in [1.807, 2.05) is 39.0 Å². The van der Waals surface area contributed by atoms with Crippen LogP contribution < -0.4 is 4.90 Å². The molecule has 25 heavy (non-hydrogen) atoms. The number of hydrogen-bond acceptors (Lipinski definition) is 3. The Kier molecular flexibility index (Phi) is 5.88. The lowest BCUT2D eigenvalue weighted by Gasteiger charge is -2.26. The number of fused-ring (bicyclic) bond motifs is 1. The highest BCUT2D eigenvalue weighted by Gasteiger charge is 2.25. The zero-order chi connectivity index (χ0) is 18.6. The van der Waals surface area contributed by atoms with Crippen LogP contribution in [0, 0.1) is 5.92 Å². The van der Waals surface area contributed by atoms with E-state index in [2.05, 4.69) is 30.4 Å². The van der Waals surface area contributed by atoms with Gasteiger partial charge >= 0.3 is 6.09 Å². The van der Waals surface area contributed by atoms with Crippen LogP contribution in [0.25, 0.3) is 17.1 Å². The average molecular weight is 343 g/mol. The van der Waals surface area contributed by atoms with E-state index in [1.54, 1.807) is 11.0 Å². The summed E-state index contributed by atoms with van der Waals surface area (Å²) >= 11 is 0. The van der Waals surface area contributed by atoms with Gasteiger partial charge in [-0.2, -0.15) is 0 Å². The van der Waals surface area contributed by atoms with Gasteiger partial charge in [-0.3, -0.25) is 0 Å². The summed E-state index contributed by atoms with van der Waals surface area (Å²) in [6.07, 6.45) is 3.35. The van der Waals surface area contributed by atoms with Crippen LogP contribution in [-0.4, -0.2) is 28.2 Å². The Balaban J connectivity index is 2.29. The first-order valence-electron chi connectivity index (χ1n) is 8.82. The molecule has 2 rings (SSSR count). The van der Waals surface area contributed by atoms with Gasteiger partial charge in [0, 0.05) is 6.54 Å². The minimum absolute atomic E-state index is 0.376. The number of hydrogen-bond donors (Lipinski definition) is 1. The number of H-pyrrole nitrogens is 1. The third kappa shape index (κ3) is 5.34. The van der Waals surface area contributed by atoms with Gasteiger partial charge in [0.1, 0.15) is 5.60 Å². The first-order chi connectivity index (χ1) is 11.7. The van der Waals surface area contributed by atoms with Crippen LogP contribution in [0.3, 0.4) is 0 Å². The SMILES string of the molecule is C=Cc1ccc2nc(N(CCCC(C)C)C(=O)OC(C)(C)C)[nH]c2c1. The van der Waals surface area contributed by atoms with E-state index in [4.69, 9.17) is 4.74 Å². The summed E-state index contributed by atoms with van der Waals surface area (Å²) in [6, 6.07) is 5.85. The number of aromatic amines is 1. The average Bonchev–Trinajstić information content (AvgIpc) is 2.91. The Hall–Kier alpha value is -2.30. The molecule has 0 radical (unpaired) electrons. The summed E-state index contributed by atoms with van der Waals surface area (Å²) in [5.41, 5.74) is 2.16. The number of rotatable bonds is 6. The maximum absolute atomic E-state index is 12.7. The normalized spacial score (nSPS) is 11.8. The highest BCUT2D eigenvalue weighted by Crippen LogP contribution is 2.22. The van der Waals surface area contributed by atoms with Crippen LogP contribution in [0.2, 0.25) is 0 Å². The van der Waals surface area contributed by atoms with Gasteiger partial charge in [0.2, 0.25) is 5.95 Å². The predicted octanol–water partition coefficient (Wildman–Crippen LogP) is 5.38. The van der Waals surface area contributed by atoms with Gasteiger partial charge in [0.15, 0.2) is 0 Å². The van der Waals surface area contributed by atoms with E-state index in [-0.39, 0.29) is 6.09 Å². The van der Waals surface area contributed by atoms with Crippen molar-refractivity contribution in [2.75, 3.05) is 11.4 Å². The maximum atomic E-state index is 12.7. The molecular weight excluding hydrogens is 314 g/mol. The molecule has 1 N–H and O–H groups in total. The zero-order valence-corrected chi connectivity index (χ0v) is 15.9. The minimum Gasteiger partial charge on any atom is -0.443 e. The molecule has 1 aromatic carbocycles. The molecule has 0 saturated carbocycles. The largest absolute Gasteiger partial charge is 0.443 e. The molecule has 0 unspecified atom stereocenters. The van der Waals surface area contributed by atoms with Crippen molar-refractivity contribution >= 4 is 29.2 Å². The molecule has 136 valence electrons. The molecule has 0 bridgehead atoms. The van der Waals surface area contributed by atoms with Gasteiger partial charge in [-0.1, -0.05) is 32.6 Å². The summed E-state index contributed by atoms with van der Waals surface area (Å²) in [4.78, 5) is 22.1. The molecule has 0 fully saturated rings. The molecule has 0 aliphatic carbocycles. The zero-order valence-electron chi connectivity index (χ0n) is 15.9.